The third kappa shape index (κ3) is 2.77. The van der Waals surface area contributed by atoms with Crippen LogP contribution in [0.2, 0.25) is 12.6 Å². The number of likely N-dealkylation sites (N-methyl/N-ethyl adjacent to an activating group) is 1. The van der Waals surface area contributed by atoms with E-state index in [0.717, 1.165) is 6.54 Å². The Morgan fingerprint density at radius 2 is 2.15 bits per heavy atom. The van der Waals surface area contributed by atoms with Crippen LogP contribution in [0, 0.1) is 0 Å². The molecule has 0 aromatic rings. The normalized spacial score (nSPS) is 30.2. The van der Waals surface area contributed by atoms with Crippen LogP contribution in [0.15, 0.2) is 0 Å². The molecule has 0 amide bonds. The standard InChI is InChI=1S/C9H22N2OSi/c1-10(2)7-8-11-6-5-9-13(11,4)12-3/h5-9H2,1-4H3. The average molecular weight is 202 g/mol. The maximum atomic E-state index is 5.69. The molecule has 4 heteroatoms. The maximum absolute atomic E-state index is 5.69. The lowest BCUT2D eigenvalue weighted by Crippen LogP contribution is -2.50. The van der Waals surface area contributed by atoms with E-state index in [2.05, 4.69) is 30.1 Å². The SMILES string of the molecule is CO[Si]1(C)CCCN1CCN(C)C. The highest BCUT2D eigenvalue weighted by molar-refractivity contribution is 6.70. The van der Waals surface area contributed by atoms with Crippen LogP contribution in [-0.2, 0) is 4.43 Å². The molecule has 1 fully saturated rings. The lowest BCUT2D eigenvalue weighted by Gasteiger charge is -2.31. The first-order valence-electron chi connectivity index (χ1n) is 5.03. The molecule has 0 aromatic carbocycles. The van der Waals surface area contributed by atoms with Gasteiger partial charge in [0.05, 0.1) is 0 Å². The summed E-state index contributed by atoms with van der Waals surface area (Å²) in [5.74, 6) is 0. The Kier molecular flexibility index (Phi) is 3.91. The highest BCUT2D eigenvalue weighted by atomic mass is 28.4. The predicted octanol–water partition coefficient (Wildman–Crippen LogP) is 0.972. The molecule has 1 heterocycles. The Morgan fingerprint density at radius 1 is 1.46 bits per heavy atom. The van der Waals surface area contributed by atoms with Gasteiger partial charge in [-0.1, -0.05) is 0 Å². The van der Waals surface area contributed by atoms with E-state index in [1.165, 1.54) is 25.6 Å². The Morgan fingerprint density at radius 3 is 2.69 bits per heavy atom. The predicted molar refractivity (Wildman–Crippen MR) is 58.2 cm³/mol. The molecular formula is C9H22N2OSi. The van der Waals surface area contributed by atoms with Gasteiger partial charge in [-0.25, -0.2) is 0 Å². The van der Waals surface area contributed by atoms with Gasteiger partial charge in [0, 0.05) is 20.2 Å². The molecular weight excluding hydrogens is 180 g/mol. The van der Waals surface area contributed by atoms with E-state index in [1.807, 2.05) is 7.11 Å². The summed E-state index contributed by atoms with van der Waals surface area (Å²) in [6.07, 6.45) is 1.32. The second-order valence-corrected chi connectivity index (χ2v) is 8.16. The minimum Gasteiger partial charge on any atom is -0.406 e. The topological polar surface area (TPSA) is 15.7 Å². The fraction of sp³-hybridized carbons (Fsp3) is 1.00. The molecule has 13 heavy (non-hydrogen) atoms. The van der Waals surface area contributed by atoms with Crippen molar-refractivity contribution in [1.29, 1.82) is 0 Å². The minimum absolute atomic E-state index is 1.14. The summed E-state index contributed by atoms with van der Waals surface area (Å²) in [6.45, 7) is 5.88. The Balaban J connectivity index is 2.40. The molecule has 0 bridgehead atoms. The second kappa shape index (κ2) is 4.55. The molecule has 0 aromatic heterocycles. The van der Waals surface area contributed by atoms with Crippen molar-refractivity contribution in [3.8, 4) is 0 Å². The first kappa shape index (κ1) is 11.2. The molecule has 0 radical (unpaired) electrons. The Hall–Kier alpha value is 0.0969. The average Bonchev–Trinajstić information content (AvgIpc) is 2.44. The fourth-order valence-corrected chi connectivity index (χ4v) is 4.69. The summed E-state index contributed by atoms with van der Waals surface area (Å²) in [7, 11) is 4.68. The molecule has 0 aliphatic carbocycles. The number of rotatable bonds is 4. The van der Waals surface area contributed by atoms with E-state index in [4.69, 9.17) is 4.43 Å². The van der Waals surface area contributed by atoms with Gasteiger partial charge in [-0.15, -0.1) is 0 Å². The van der Waals surface area contributed by atoms with Crippen molar-refractivity contribution in [2.24, 2.45) is 0 Å². The maximum Gasteiger partial charge on any atom is 0.267 e. The van der Waals surface area contributed by atoms with Gasteiger partial charge in [-0.05, 0) is 39.7 Å². The van der Waals surface area contributed by atoms with Crippen LogP contribution in [0.1, 0.15) is 6.42 Å². The van der Waals surface area contributed by atoms with Crippen molar-refractivity contribution in [3.63, 3.8) is 0 Å². The molecule has 1 aliphatic rings. The second-order valence-electron chi connectivity index (χ2n) is 4.27. The van der Waals surface area contributed by atoms with Crippen LogP contribution in [-0.4, -0.2) is 58.8 Å². The molecule has 1 atom stereocenters. The molecule has 78 valence electrons. The number of hydrogen-bond acceptors (Lipinski definition) is 3. The highest BCUT2D eigenvalue weighted by Gasteiger charge is 2.39. The zero-order valence-electron chi connectivity index (χ0n) is 9.34. The quantitative estimate of drug-likeness (QED) is 0.632. The minimum atomic E-state index is -1.45. The first-order chi connectivity index (χ1) is 6.08. The monoisotopic (exact) mass is 202 g/mol. The van der Waals surface area contributed by atoms with Gasteiger partial charge in [-0.3, -0.25) is 0 Å². The zero-order chi connectivity index (χ0) is 9.90. The van der Waals surface area contributed by atoms with Crippen LogP contribution in [0.5, 0.6) is 0 Å². The van der Waals surface area contributed by atoms with Gasteiger partial charge >= 0.3 is 0 Å². The summed E-state index contributed by atoms with van der Waals surface area (Å²) >= 11 is 0. The van der Waals surface area contributed by atoms with Gasteiger partial charge in [0.1, 0.15) is 0 Å². The van der Waals surface area contributed by atoms with Gasteiger partial charge in [-0.2, -0.15) is 0 Å². The largest absolute Gasteiger partial charge is 0.406 e. The molecule has 1 aliphatic heterocycles. The van der Waals surface area contributed by atoms with E-state index < -0.39 is 8.48 Å². The zero-order valence-corrected chi connectivity index (χ0v) is 10.3. The van der Waals surface area contributed by atoms with Crippen LogP contribution in [0.3, 0.4) is 0 Å². The first-order valence-corrected chi connectivity index (χ1v) is 7.60. The third-order valence-electron chi connectivity index (χ3n) is 2.99. The van der Waals surface area contributed by atoms with E-state index >= 15 is 0 Å². The molecule has 0 N–H and O–H groups in total. The van der Waals surface area contributed by atoms with E-state index in [0.29, 0.717) is 0 Å². The lowest BCUT2D eigenvalue weighted by molar-refractivity contribution is 0.288. The van der Waals surface area contributed by atoms with Crippen LogP contribution in [0.4, 0.5) is 0 Å². The number of nitrogens with zero attached hydrogens (tertiary/aromatic N) is 2. The summed E-state index contributed by atoms with van der Waals surface area (Å²) in [5, 5.41) is 0. The van der Waals surface area contributed by atoms with Crippen molar-refractivity contribution in [1.82, 2.24) is 9.47 Å². The molecule has 1 rings (SSSR count). The van der Waals surface area contributed by atoms with Crippen LogP contribution < -0.4 is 0 Å². The van der Waals surface area contributed by atoms with Crippen molar-refractivity contribution in [2.75, 3.05) is 40.8 Å². The highest BCUT2D eigenvalue weighted by Crippen LogP contribution is 2.25. The fourth-order valence-electron chi connectivity index (χ4n) is 1.89. The smallest absolute Gasteiger partial charge is 0.267 e. The van der Waals surface area contributed by atoms with Gasteiger partial charge < -0.3 is 13.9 Å². The van der Waals surface area contributed by atoms with Crippen molar-refractivity contribution in [3.05, 3.63) is 0 Å². The van der Waals surface area contributed by atoms with Gasteiger partial charge in [0.25, 0.3) is 8.48 Å². The van der Waals surface area contributed by atoms with Crippen LogP contribution in [0.25, 0.3) is 0 Å². The Labute approximate surface area is 82.9 Å². The lowest BCUT2D eigenvalue weighted by atomic mass is 10.4. The summed E-state index contributed by atoms with van der Waals surface area (Å²) in [6, 6.07) is 1.30. The molecule has 3 nitrogen and oxygen atoms in total. The third-order valence-corrected chi connectivity index (χ3v) is 6.94. The van der Waals surface area contributed by atoms with Crippen molar-refractivity contribution >= 4 is 8.48 Å². The van der Waals surface area contributed by atoms with E-state index in [9.17, 15) is 0 Å². The summed E-state index contributed by atoms with van der Waals surface area (Å²) in [4.78, 5) is 2.24. The Bertz CT molecular complexity index is 166. The van der Waals surface area contributed by atoms with Crippen molar-refractivity contribution < 1.29 is 4.43 Å². The molecule has 0 spiro atoms. The molecule has 0 saturated carbocycles. The molecule has 1 saturated heterocycles. The summed E-state index contributed by atoms with van der Waals surface area (Å²) < 4.78 is 8.27. The van der Waals surface area contributed by atoms with Gasteiger partial charge in [0.2, 0.25) is 0 Å². The van der Waals surface area contributed by atoms with Crippen molar-refractivity contribution in [2.45, 2.75) is 19.0 Å². The van der Waals surface area contributed by atoms with E-state index in [-0.39, 0.29) is 0 Å². The van der Waals surface area contributed by atoms with Gasteiger partial charge in [0.15, 0.2) is 0 Å². The summed E-state index contributed by atoms with van der Waals surface area (Å²) in [5.41, 5.74) is 0. The number of hydrogen-bond donors (Lipinski definition) is 0. The molecule has 1 unspecified atom stereocenters. The van der Waals surface area contributed by atoms with E-state index in [1.54, 1.807) is 0 Å². The van der Waals surface area contributed by atoms with Crippen LogP contribution >= 0.6 is 0 Å².